The minimum atomic E-state index is -1.56. The second-order valence-corrected chi connectivity index (χ2v) is 11.7. The van der Waals surface area contributed by atoms with Crippen molar-refractivity contribution in [2.24, 2.45) is 5.92 Å². The molecule has 1 saturated heterocycles. The Balaban J connectivity index is 1.47. The van der Waals surface area contributed by atoms with Crippen LogP contribution in [0.3, 0.4) is 0 Å². The number of nitrogens with one attached hydrogen (secondary N) is 1. The number of aromatic nitrogens is 1. The Bertz CT molecular complexity index is 1260. The van der Waals surface area contributed by atoms with Gasteiger partial charge in [-0.05, 0) is 58.7 Å². The van der Waals surface area contributed by atoms with E-state index in [4.69, 9.17) is 4.74 Å². The van der Waals surface area contributed by atoms with Crippen LogP contribution in [0.5, 0.6) is 5.75 Å². The van der Waals surface area contributed by atoms with Crippen LogP contribution in [-0.2, 0) is 6.42 Å². The summed E-state index contributed by atoms with van der Waals surface area (Å²) >= 11 is 0. The summed E-state index contributed by atoms with van der Waals surface area (Å²) in [5, 5.41) is 1.02. The third-order valence-electron chi connectivity index (χ3n) is 8.05. The average molecular weight is 532 g/mol. The number of hydrogen-bond donors (Lipinski definition) is 1. The number of hydrogen-bond acceptors (Lipinski definition) is 3. The molecule has 4 atom stereocenters. The van der Waals surface area contributed by atoms with Crippen LogP contribution < -0.4 is 4.74 Å². The molecular formula is C30H37F4N3O. The highest BCUT2D eigenvalue weighted by atomic mass is 19.1. The fraction of sp³-hybridized carbons (Fsp3) is 0.533. The zero-order valence-corrected chi connectivity index (χ0v) is 22.5. The molecule has 0 radical (unpaired) electrons. The van der Waals surface area contributed by atoms with Crippen LogP contribution in [0.2, 0.25) is 0 Å². The lowest BCUT2D eigenvalue weighted by Crippen LogP contribution is -2.48. The molecule has 2 aromatic carbocycles. The van der Waals surface area contributed by atoms with Gasteiger partial charge in [0.2, 0.25) is 0 Å². The summed E-state index contributed by atoms with van der Waals surface area (Å²) in [7, 11) is 0. The van der Waals surface area contributed by atoms with Crippen molar-refractivity contribution in [3.63, 3.8) is 0 Å². The molecule has 2 aliphatic heterocycles. The molecule has 5 rings (SSSR count). The van der Waals surface area contributed by atoms with Crippen molar-refractivity contribution >= 4 is 10.9 Å². The number of benzene rings is 2. The second-order valence-electron chi connectivity index (χ2n) is 11.7. The Morgan fingerprint density at radius 3 is 2.53 bits per heavy atom. The number of halogens is 4. The molecule has 0 bridgehead atoms. The Labute approximate surface area is 222 Å². The van der Waals surface area contributed by atoms with Crippen LogP contribution >= 0.6 is 0 Å². The Kier molecular flexibility index (Phi) is 7.48. The van der Waals surface area contributed by atoms with Gasteiger partial charge in [0.15, 0.2) is 0 Å². The van der Waals surface area contributed by atoms with E-state index in [1.807, 2.05) is 43.0 Å². The molecular weight excluding hydrogens is 494 g/mol. The van der Waals surface area contributed by atoms with Gasteiger partial charge in [-0.15, -0.1) is 0 Å². The third-order valence-corrected chi connectivity index (χ3v) is 8.05. The number of para-hydroxylation sites is 1. The first kappa shape index (κ1) is 27.0. The highest BCUT2D eigenvalue weighted by Gasteiger charge is 2.41. The number of aromatic amines is 1. The first-order chi connectivity index (χ1) is 18.1. The summed E-state index contributed by atoms with van der Waals surface area (Å²) in [6.07, 6.45) is 1.45. The SMILES string of the molecule is C[C@@H]1Cc2c([nH]c3ccccc23)[C@@H](c2c(F)cc(OC[C@H](C)N3CC[C@@H](CF)C3)cc2F)N1CC(C)(C)F. The standard InChI is InChI=1S/C30H37F4N3O/c1-18-11-23-22-7-5-6-8-26(22)35-28(23)29(37(18)17-30(3,4)34)27-24(32)12-21(13-25(27)33)38-16-19(2)36-10-9-20(14-31)15-36/h5-8,12-13,18-20,29,35H,9-11,14-17H2,1-4H3/t18-,19+,20+,29-/m1/s1. The van der Waals surface area contributed by atoms with E-state index in [-0.39, 0.29) is 49.1 Å². The molecule has 1 aromatic heterocycles. The van der Waals surface area contributed by atoms with E-state index < -0.39 is 23.3 Å². The molecule has 3 heterocycles. The lowest BCUT2D eigenvalue weighted by molar-refractivity contribution is 0.0642. The van der Waals surface area contributed by atoms with E-state index in [2.05, 4.69) is 9.88 Å². The van der Waals surface area contributed by atoms with Crippen molar-refractivity contribution in [1.82, 2.24) is 14.8 Å². The molecule has 1 N–H and O–H groups in total. The number of H-pyrrole nitrogens is 1. The van der Waals surface area contributed by atoms with Crippen LogP contribution in [0.1, 0.15) is 57.0 Å². The predicted molar refractivity (Wildman–Crippen MR) is 142 cm³/mol. The summed E-state index contributed by atoms with van der Waals surface area (Å²) < 4.78 is 65.3. The first-order valence-electron chi connectivity index (χ1n) is 13.5. The van der Waals surface area contributed by atoms with Crippen molar-refractivity contribution in [3.8, 4) is 5.75 Å². The van der Waals surface area contributed by atoms with Crippen molar-refractivity contribution in [2.75, 3.05) is 32.9 Å². The van der Waals surface area contributed by atoms with E-state index in [1.165, 1.54) is 26.0 Å². The average Bonchev–Trinajstić information content (AvgIpc) is 3.48. The van der Waals surface area contributed by atoms with Gasteiger partial charge in [-0.2, -0.15) is 0 Å². The summed E-state index contributed by atoms with van der Waals surface area (Å²) in [6, 6.07) is 9.30. The fourth-order valence-electron chi connectivity index (χ4n) is 6.12. The van der Waals surface area contributed by atoms with Crippen molar-refractivity contribution in [2.45, 2.75) is 64.3 Å². The van der Waals surface area contributed by atoms with Gasteiger partial charge in [-0.25, -0.2) is 13.2 Å². The molecule has 8 heteroatoms. The number of nitrogens with zero attached hydrogens (tertiary/aromatic N) is 2. The Hall–Kier alpha value is -2.58. The van der Waals surface area contributed by atoms with E-state index in [1.54, 1.807) is 0 Å². The lowest BCUT2D eigenvalue weighted by atomic mass is 9.87. The van der Waals surface area contributed by atoms with Gasteiger partial charge in [0, 0.05) is 65.4 Å². The molecule has 3 aromatic rings. The maximum absolute atomic E-state index is 15.8. The van der Waals surface area contributed by atoms with E-state index in [0.29, 0.717) is 18.7 Å². The van der Waals surface area contributed by atoms with Gasteiger partial charge in [0.1, 0.15) is 29.7 Å². The topological polar surface area (TPSA) is 31.5 Å². The maximum atomic E-state index is 15.8. The van der Waals surface area contributed by atoms with E-state index >= 15 is 8.78 Å². The summed E-state index contributed by atoms with van der Waals surface area (Å²) in [5.41, 5.74) is 0.933. The first-order valence-corrected chi connectivity index (χ1v) is 13.5. The van der Waals surface area contributed by atoms with Crippen molar-refractivity contribution < 1.29 is 22.3 Å². The van der Waals surface area contributed by atoms with E-state index in [9.17, 15) is 8.78 Å². The van der Waals surface area contributed by atoms with Crippen LogP contribution in [0.15, 0.2) is 36.4 Å². The van der Waals surface area contributed by atoms with Crippen LogP contribution in [0.25, 0.3) is 10.9 Å². The lowest BCUT2D eigenvalue weighted by Gasteiger charge is -2.43. The fourth-order valence-corrected chi connectivity index (χ4v) is 6.12. The highest BCUT2D eigenvalue weighted by Crippen LogP contribution is 2.43. The van der Waals surface area contributed by atoms with Gasteiger partial charge in [-0.1, -0.05) is 18.2 Å². The Morgan fingerprint density at radius 1 is 1.16 bits per heavy atom. The number of fused-ring (bicyclic) bond motifs is 3. The molecule has 38 heavy (non-hydrogen) atoms. The van der Waals surface area contributed by atoms with Gasteiger partial charge >= 0.3 is 0 Å². The van der Waals surface area contributed by atoms with Crippen molar-refractivity contribution in [3.05, 3.63) is 64.9 Å². The molecule has 2 aliphatic rings. The molecule has 0 spiro atoms. The normalized spacial score (nSPS) is 23.6. The zero-order valence-electron chi connectivity index (χ0n) is 22.5. The molecule has 0 aliphatic carbocycles. The van der Waals surface area contributed by atoms with Crippen LogP contribution in [0, 0.1) is 17.6 Å². The molecule has 4 nitrogen and oxygen atoms in total. The molecule has 0 unspecified atom stereocenters. The molecule has 1 fully saturated rings. The third kappa shape index (κ3) is 5.30. The smallest absolute Gasteiger partial charge is 0.135 e. The number of rotatable bonds is 8. The minimum Gasteiger partial charge on any atom is -0.492 e. The van der Waals surface area contributed by atoms with Gasteiger partial charge in [-0.3, -0.25) is 14.2 Å². The van der Waals surface area contributed by atoms with Crippen LogP contribution in [0.4, 0.5) is 17.6 Å². The largest absolute Gasteiger partial charge is 0.492 e. The minimum absolute atomic E-state index is 0.00673. The molecule has 0 saturated carbocycles. The molecule has 206 valence electrons. The van der Waals surface area contributed by atoms with Crippen molar-refractivity contribution in [1.29, 1.82) is 0 Å². The van der Waals surface area contributed by atoms with Crippen LogP contribution in [-0.4, -0.2) is 65.5 Å². The quantitative estimate of drug-likeness (QED) is 0.333. The predicted octanol–water partition coefficient (Wildman–Crippen LogP) is 6.59. The van der Waals surface area contributed by atoms with E-state index in [0.717, 1.165) is 29.4 Å². The number of ether oxygens (including phenoxy) is 1. The van der Waals surface area contributed by atoms with Gasteiger partial charge < -0.3 is 9.72 Å². The summed E-state index contributed by atoms with van der Waals surface area (Å²) in [6.45, 7) is 8.30. The number of likely N-dealkylation sites (tertiary alicyclic amines) is 1. The second kappa shape index (κ2) is 10.5. The maximum Gasteiger partial charge on any atom is 0.135 e. The Morgan fingerprint density at radius 2 is 1.87 bits per heavy atom. The summed E-state index contributed by atoms with van der Waals surface area (Å²) in [4.78, 5) is 7.39. The monoisotopic (exact) mass is 531 g/mol. The van der Waals surface area contributed by atoms with Gasteiger partial charge in [0.05, 0.1) is 12.7 Å². The zero-order chi connectivity index (χ0) is 27.2. The summed E-state index contributed by atoms with van der Waals surface area (Å²) in [5.74, 6) is -1.31. The highest BCUT2D eigenvalue weighted by molar-refractivity contribution is 5.85. The number of alkyl halides is 2. The van der Waals surface area contributed by atoms with Gasteiger partial charge in [0.25, 0.3) is 0 Å². The molecule has 0 amide bonds.